The average molecular weight is 212 g/mol. The molecule has 2 aromatic heterocycles. The van der Waals surface area contributed by atoms with E-state index in [-0.39, 0.29) is 4.58 Å². The largest absolute Gasteiger partial charge is 0.283 e. The highest BCUT2D eigenvalue weighted by Crippen LogP contribution is 2.26. The van der Waals surface area contributed by atoms with Crippen LogP contribution in [-0.2, 0) is 0 Å². The molecule has 2 aromatic rings. The van der Waals surface area contributed by atoms with Crippen LogP contribution in [0.15, 0.2) is 12.4 Å². The van der Waals surface area contributed by atoms with E-state index in [0.717, 1.165) is 11.4 Å². The van der Waals surface area contributed by atoms with Crippen LogP contribution in [0, 0.1) is 6.92 Å². The zero-order valence-corrected chi connectivity index (χ0v) is 8.70. The number of aromatic nitrogens is 4. The second-order valence-corrected chi connectivity index (χ2v) is 4.08. The maximum Gasteiger partial charge on any atom is 0.254 e. The number of rotatable bonds is 1. The molecule has 13 heavy (non-hydrogen) atoms. The van der Waals surface area contributed by atoms with Crippen molar-refractivity contribution in [2.75, 3.05) is 0 Å². The minimum absolute atomic E-state index is 0.154. The molecule has 0 amide bonds. The number of imidazole rings is 1. The summed E-state index contributed by atoms with van der Waals surface area (Å²) in [7, 11) is 0. The van der Waals surface area contributed by atoms with Crippen LogP contribution in [0.2, 0.25) is 0 Å². The molecule has 0 atom stereocenters. The molecule has 0 aromatic carbocycles. The molecule has 2 rings (SSSR count). The molecule has 2 heterocycles. The van der Waals surface area contributed by atoms with Crippen molar-refractivity contribution in [3.8, 4) is 0 Å². The van der Waals surface area contributed by atoms with E-state index in [4.69, 9.17) is 0 Å². The standard InChI is InChI=1S/C7H8N4S2/c1-4-5(6(12)13)11-3-2-8-10-7(11)9-4/h2-3,6,12-13H,1H3. The first kappa shape index (κ1) is 8.83. The summed E-state index contributed by atoms with van der Waals surface area (Å²) < 4.78 is 1.69. The Morgan fingerprint density at radius 2 is 2.23 bits per heavy atom. The lowest BCUT2D eigenvalue weighted by Gasteiger charge is -2.03. The molecule has 0 fully saturated rings. The minimum Gasteiger partial charge on any atom is -0.283 e. The first-order valence-electron chi connectivity index (χ1n) is 3.72. The fraction of sp³-hybridized carbons (Fsp3) is 0.286. The van der Waals surface area contributed by atoms with Gasteiger partial charge in [-0.3, -0.25) is 4.40 Å². The van der Waals surface area contributed by atoms with Crippen LogP contribution in [-0.4, -0.2) is 19.6 Å². The van der Waals surface area contributed by atoms with E-state index < -0.39 is 0 Å². The highest BCUT2D eigenvalue weighted by molar-refractivity contribution is 7.98. The molecule has 0 spiro atoms. The summed E-state index contributed by atoms with van der Waals surface area (Å²) in [5.41, 5.74) is 1.83. The summed E-state index contributed by atoms with van der Waals surface area (Å²) in [6, 6.07) is 0. The quantitative estimate of drug-likeness (QED) is 0.553. The van der Waals surface area contributed by atoms with Gasteiger partial charge in [-0.1, -0.05) is 0 Å². The molecule has 0 radical (unpaired) electrons. The molecule has 0 aliphatic heterocycles. The summed E-state index contributed by atoms with van der Waals surface area (Å²) in [4.78, 5) is 4.23. The van der Waals surface area contributed by atoms with Crippen molar-refractivity contribution in [3.05, 3.63) is 23.8 Å². The van der Waals surface area contributed by atoms with Gasteiger partial charge in [0.1, 0.15) is 0 Å². The van der Waals surface area contributed by atoms with Crippen LogP contribution < -0.4 is 0 Å². The average Bonchev–Trinajstić information content (AvgIpc) is 2.39. The molecule has 68 valence electrons. The van der Waals surface area contributed by atoms with Gasteiger partial charge in [-0.15, -0.1) is 5.10 Å². The Bertz CT molecular complexity index is 437. The third-order valence-electron chi connectivity index (χ3n) is 1.79. The van der Waals surface area contributed by atoms with Gasteiger partial charge < -0.3 is 0 Å². The van der Waals surface area contributed by atoms with E-state index in [0.29, 0.717) is 5.78 Å². The van der Waals surface area contributed by atoms with Crippen LogP contribution in [0.25, 0.3) is 5.78 Å². The van der Waals surface area contributed by atoms with Gasteiger partial charge in [0.05, 0.1) is 22.2 Å². The Hall–Kier alpha value is -0.750. The Balaban J connectivity index is 2.78. The maximum atomic E-state index is 4.25. The van der Waals surface area contributed by atoms with Crippen molar-refractivity contribution >= 4 is 31.0 Å². The molecule has 0 aliphatic rings. The second-order valence-electron chi connectivity index (χ2n) is 2.64. The van der Waals surface area contributed by atoms with Crippen molar-refractivity contribution in [2.24, 2.45) is 0 Å². The van der Waals surface area contributed by atoms with Crippen LogP contribution in [0.4, 0.5) is 0 Å². The van der Waals surface area contributed by atoms with E-state index in [1.165, 1.54) is 0 Å². The minimum atomic E-state index is -0.154. The van der Waals surface area contributed by atoms with Crippen LogP contribution in [0.5, 0.6) is 0 Å². The SMILES string of the molecule is Cc1nc2nnccn2c1C(S)S. The predicted molar refractivity (Wildman–Crippen MR) is 56.2 cm³/mol. The van der Waals surface area contributed by atoms with E-state index in [1.807, 2.05) is 11.3 Å². The summed E-state index contributed by atoms with van der Waals surface area (Å²) in [5, 5.41) is 7.62. The number of hydrogen-bond acceptors (Lipinski definition) is 5. The molecule has 0 saturated carbocycles. The van der Waals surface area contributed by atoms with Crippen LogP contribution in [0.1, 0.15) is 16.0 Å². The first-order chi connectivity index (χ1) is 6.20. The molecule has 6 heteroatoms. The van der Waals surface area contributed by atoms with Crippen molar-refractivity contribution < 1.29 is 0 Å². The highest BCUT2D eigenvalue weighted by Gasteiger charge is 2.13. The fourth-order valence-electron chi connectivity index (χ4n) is 1.25. The van der Waals surface area contributed by atoms with Crippen LogP contribution >= 0.6 is 25.3 Å². The third-order valence-corrected chi connectivity index (χ3v) is 2.28. The number of aryl methyl sites for hydroxylation is 1. The van der Waals surface area contributed by atoms with Crippen LogP contribution in [0.3, 0.4) is 0 Å². The number of hydrogen-bond donors (Lipinski definition) is 2. The lowest BCUT2D eigenvalue weighted by Crippen LogP contribution is -1.95. The molecule has 0 bridgehead atoms. The van der Waals surface area contributed by atoms with Gasteiger partial charge in [-0.05, 0) is 6.92 Å². The van der Waals surface area contributed by atoms with Crippen molar-refractivity contribution in [3.63, 3.8) is 0 Å². The maximum absolute atomic E-state index is 4.25. The van der Waals surface area contributed by atoms with Crippen molar-refractivity contribution in [1.82, 2.24) is 19.6 Å². The lowest BCUT2D eigenvalue weighted by atomic mass is 10.4. The molecule has 0 saturated heterocycles. The first-order valence-corrected chi connectivity index (χ1v) is 4.76. The van der Waals surface area contributed by atoms with Gasteiger partial charge in [-0.25, -0.2) is 4.98 Å². The summed E-state index contributed by atoms with van der Waals surface area (Å²) in [5.74, 6) is 0.586. The summed E-state index contributed by atoms with van der Waals surface area (Å²) in [6.45, 7) is 1.91. The van der Waals surface area contributed by atoms with Gasteiger partial charge in [0.15, 0.2) is 0 Å². The van der Waals surface area contributed by atoms with E-state index in [9.17, 15) is 0 Å². The molecule has 0 unspecified atom stereocenters. The number of thiol groups is 2. The highest BCUT2D eigenvalue weighted by atomic mass is 32.2. The molecule has 0 aliphatic carbocycles. The fourth-order valence-corrected chi connectivity index (χ4v) is 1.88. The zero-order chi connectivity index (χ0) is 9.42. The number of fused-ring (bicyclic) bond motifs is 1. The molecule has 0 N–H and O–H groups in total. The molecular weight excluding hydrogens is 204 g/mol. The Morgan fingerprint density at radius 3 is 2.92 bits per heavy atom. The van der Waals surface area contributed by atoms with Gasteiger partial charge >= 0.3 is 0 Å². The molecule has 4 nitrogen and oxygen atoms in total. The monoisotopic (exact) mass is 212 g/mol. The number of nitrogens with zero attached hydrogens (tertiary/aromatic N) is 4. The van der Waals surface area contributed by atoms with E-state index in [2.05, 4.69) is 40.4 Å². The zero-order valence-electron chi connectivity index (χ0n) is 6.92. The Labute approximate surface area is 86.2 Å². The van der Waals surface area contributed by atoms with Crippen molar-refractivity contribution in [1.29, 1.82) is 0 Å². The lowest BCUT2D eigenvalue weighted by molar-refractivity contribution is 0.945. The predicted octanol–water partition coefficient (Wildman–Crippen LogP) is 1.29. The second kappa shape index (κ2) is 3.19. The van der Waals surface area contributed by atoms with Gasteiger partial charge in [0, 0.05) is 6.20 Å². The normalized spacial score (nSPS) is 11.4. The van der Waals surface area contributed by atoms with Gasteiger partial charge in [0.2, 0.25) is 0 Å². The van der Waals surface area contributed by atoms with Crippen molar-refractivity contribution in [2.45, 2.75) is 11.5 Å². The van der Waals surface area contributed by atoms with E-state index in [1.54, 1.807) is 12.4 Å². The van der Waals surface area contributed by atoms with Gasteiger partial charge in [0.25, 0.3) is 5.78 Å². The third kappa shape index (κ3) is 1.40. The Morgan fingerprint density at radius 1 is 1.46 bits per heavy atom. The van der Waals surface area contributed by atoms with E-state index >= 15 is 0 Å². The molecular formula is C7H8N4S2. The van der Waals surface area contributed by atoms with Gasteiger partial charge in [-0.2, -0.15) is 30.4 Å². The summed E-state index contributed by atoms with van der Waals surface area (Å²) >= 11 is 8.51. The topological polar surface area (TPSA) is 43.1 Å². The summed E-state index contributed by atoms with van der Waals surface area (Å²) in [6.07, 6.45) is 3.42. The Kier molecular flexibility index (Phi) is 2.17. The smallest absolute Gasteiger partial charge is 0.254 e.